The fourth-order valence-corrected chi connectivity index (χ4v) is 4.52. The first-order chi connectivity index (χ1) is 18.0. The summed E-state index contributed by atoms with van der Waals surface area (Å²) < 4.78 is 0. The Bertz CT molecular complexity index is 1390. The Morgan fingerprint density at radius 2 is 0.703 bits per heavy atom. The lowest BCUT2D eigenvalue weighted by Crippen LogP contribution is -2.09. The third-order valence-corrected chi connectivity index (χ3v) is 6.77. The van der Waals surface area contributed by atoms with E-state index < -0.39 is 0 Å². The van der Waals surface area contributed by atoms with E-state index in [1.54, 1.807) is 0 Å². The smallest absolute Gasteiger partial charge is 0.0462 e. The molecular formula is C36H33N. The van der Waals surface area contributed by atoms with E-state index in [0.717, 1.165) is 17.1 Å². The molecule has 5 rings (SSSR count). The maximum atomic E-state index is 2.31. The zero-order valence-electron chi connectivity index (χ0n) is 22.1. The van der Waals surface area contributed by atoms with E-state index >= 15 is 0 Å². The Labute approximate surface area is 221 Å². The summed E-state index contributed by atoms with van der Waals surface area (Å²) in [6.45, 7) is 8.51. The fourth-order valence-electron chi connectivity index (χ4n) is 4.52. The summed E-state index contributed by atoms with van der Waals surface area (Å²) in [6.07, 6.45) is 2.29. The van der Waals surface area contributed by atoms with Gasteiger partial charge in [0.1, 0.15) is 0 Å². The van der Waals surface area contributed by atoms with Crippen LogP contribution in [0.15, 0.2) is 121 Å². The Morgan fingerprint density at radius 1 is 0.405 bits per heavy atom. The maximum Gasteiger partial charge on any atom is 0.0462 e. The van der Waals surface area contributed by atoms with Crippen LogP contribution in [0.4, 0.5) is 17.1 Å². The molecule has 0 spiro atoms. The largest absolute Gasteiger partial charge is 0.311 e. The van der Waals surface area contributed by atoms with E-state index in [4.69, 9.17) is 0 Å². The molecule has 1 heteroatoms. The van der Waals surface area contributed by atoms with Crippen molar-refractivity contribution in [3.8, 4) is 0 Å². The molecule has 0 saturated heterocycles. The van der Waals surface area contributed by atoms with Crippen molar-refractivity contribution in [1.29, 1.82) is 0 Å². The minimum atomic E-state index is 1.14. The van der Waals surface area contributed by atoms with Crippen molar-refractivity contribution >= 4 is 28.7 Å². The highest BCUT2D eigenvalue weighted by Crippen LogP contribution is 2.35. The molecule has 0 saturated carbocycles. The van der Waals surface area contributed by atoms with Crippen LogP contribution in [0, 0.1) is 27.7 Å². The molecule has 0 N–H and O–H groups in total. The Morgan fingerprint density at radius 3 is 1.05 bits per heavy atom. The molecule has 0 fully saturated rings. The van der Waals surface area contributed by atoms with Crippen LogP contribution in [0.3, 0.4) is 0 Å². The van der Waals surface area contributed by atoms with Gasteiger partial charge in [-0.3, -0.25) is 0 Å². The van der Waals surface area contributed by atoms with Crippen molar-refractivity contribution < 1.29 is 0 Å². The lowest BCUT2D eigenvalue weighted by Gasteiger charge is -2.26. The lowest BCUT2D eigenvalue weighted by molar-refractivity contribution is 1.27. The van der Waals surface area contributed by atoms with Gasteiger partial charge < -0.3 is 4.90 Å². The number of hydrogen-bond acceptors (Lipinski definition) is 1. The third kappa shape index (κ3) is 5.73. The van der Waals surface area contributed by atoms with E-state index in [0.29, 0.717) is 0 Å². The summed E-state index contributed by atoms with van der Waals surface area (Å²) in [7, 11) is 0. The van der Waals surface area contributed by atoms with Gasteiger partial charge in [-0.05, 0) is 92.4 Å². The number of benzene rings is 5. The molecule has 0 unspecified atom stereocenters. The first kappa shape index (κ1) is 24.3. The van der Waals surface area contributed by atoms with Crippen LogP contribution in [-0.4, -0.2) is 0 Å². The van der Waals surface area contributed by atoms with Gasteiger partial charge in [0.05, 0.1) is 0 Å². The molecule has 0 amide bonds. The number of aryl methyl sites for hydroxylation is 4. The average Bonchev–Trinajstić information content (AvgIpc) is 2.92. The normalized spacial score (nSPS) is 10.7. The van der Waals surface area contributed by atoms with Crippen LogP contribution in [0.2, 0.25) is 0 Å². The van der Waals surface area contributed by atoms with Crippen LogP contribution in [0.5, 0.6) is 0 Å². The highest BCUT2D eigenvalue weighted by Gasteiger charge is 2.13. The van der Waals surface area contributed by atoms with Crippen molar-refractivity contribution in [2.45, 2.75) is 27.7 Å². The zero-order valence-corrected chi connectivity index (χ0v) is 22.1. The van der Waals surface area contributed by atoms with Gasteiger partial charge in [-0.15, -0.1) is 0 Å². The quantitative estimate of drug-likeness (QED) is 0.219. The number of rotatable bonds is 6. The second-order valence-corrected chi connectivity index (χ2v) is 9.89. The van der Waals surface area contributed by atoms with Crippen molar-refractivity contribution in [1.82, 2.24) is 0 Å². The molecule has 5 aromatic carbocycles. The molecule has 0 atom stereocenters. The molecule has 0 aliphatic heterocycles. The molecule has 0 heterocycles. The molecule has 0 bridgehead atoms. The first-order valence-corrected chi connectivity index (χ1v) is 12.9. The van der Waals surface area contributed by atoms with Crippen LogP contribution < -0.4 is 4.90 Å². The van der Waals surface area contributed by atoms with Gasteiger partial charge in [0.25, 0.3) is 0 Å². The van der Waals surface area contributed by atoms with Gasteiger partial charge in [0.15, 0.2) is 0 Å². The molecule has 0 radical (unpaired) electrons. The predicted molar refractivity (Wildman–Crippen MR) is 160 cm³/mol. The summed E-state index contributed by atoms with van der Waals surface area (Å²) in [5.74, 6) is 0. The van der Waals surface area contributed by atoms with Crippen molar-refractivity contribution in [3.63, 3.8) is 0 Å². The minimum absolute atomic E-state index is 1.14. The summed E-state index contributed by atoms with van der Waals surface area (Å²) in [5.41, 5.74) is 13.3. The summed E-state index contributed by atoms with van der Waals surface area (Å²) in [4.78, 5) is 2.31. The Kier molecular flexibility index (Phi) is 7.05. The van der Waals surface area contributed by atoms with Crippen LogP contribution >= 0.6 is 0 Å². The topological polar surface area (TPSA) is 3.24 Å². The summed E-state index contributed by atoms with van der Waals surface area (Å²) >= 11 is 0. The molecular weight excluding hydrogens is 446 g/mol. The van der Waals surface area contributed by atoms with E-state index in [1.165, 1.54) is 44.5 Å². The lowest BCUT2D eigenvalue weighted by atomic mass is 9.94. The van der Waals surface area contributed by atoms with Crippen molar-refractivity contribution in [2.24, 2.45) is 0 Å². The standard InChI is InChI=1S/C36H33N/c1-26-5-15-31(16-6-26)36(32-17-7-27(2)8-18-32)25-30-13-23-35(24-14-30)37(33-19-9-28(3)10-20-33)34-21-11-29(4)12-22-34/h5-25H,1-4H3. The molecule has 1 nitrogen and oxygen atoms in total. The van der Waals surface area contributed by atoms with Crippen LogP contribution in [0.25, 0.3) is 11.6 Å². The number of anilines is 3. The maximum absolute atomic E-state index is 2.31. The van der Waals surface area contributed by atoms with Crippen LogP contribution in [0.1, 0.15) is 38.9 Å². The fraction of sp³-hybridized carbons (Fsp3) is 0.111. The molecule has 37 heavy (non-hydrogen) atoms. The Hall–Kier alpha value is -4.36. The van der Waals surface area contributed by atoms with Gasteiger partial charge in [-0.1, -0.05) is 107 Å². The molecule has 0 aliphatic carbocycles. The zero-order chi connectivity index (χ0) is 25.8. The van der Waals surface area contributed by atoms with Gasteiger partial charge in [0, 0.05) is 17.1 Å². The average molecular weight is 480 g/mol. The molecule has 0 aromatic heterocycles. The summed E-state index contributed by atoms with van der Waals surface area (Å²) in [6, 6.07) is 43.9. The summed E-state index contributed by atoms with van der Waals surface area (Å²) in [5, 5.41) is 0. The highest BCUT2D eigenvalue weighted by molar-refractivity contribution is 5.92. The van der Waals surface area contributed by atoms with Crippen LogP contribution in [-0.2, 0) is 0 Å². The van der Waals surface area contributed by atoms with Gasteiger partial charge in [-0.25, -0.2) is 0 Å². The number of hydrogen-bond donors (Lipinski definition) is 0. The molecule has 0 aliphatic rings. The van der Waals surface area contributed by atoms with Crippen molar-refractivity contribution in [3.05, 3.63) is 160 Å². The SMILES string of the molecule is Cc1ccc(C(=Cc2ccc(N(c3ccc(C)cc3)c3ccc(C)cc3)cc2)c2ccc(C)cc2)cc1. The van der Waals surface area contributed by atoms with E-state index in [2.05, 4.69) is 160 Å². The van der Waals surface area contributed by atoms with Gasteiger partial charge in [-0.2, -0.15) is 0 Å². The van der Waals surface area contributed by atoms with Crippen molar-refractivity contribution in [2.75, 3.05) is 4.90 Å². The highest BCUT2D eigenvalue weighted by atomic mass is 15.1. The van der Waals surface area contributed by atoms with E-state index in [-0.39, 0.29) is 0 Å². The monoisotopic (exact) mass is 479 g/mol. The second kappa shape index (κ2) is 10.7. The van der Waals surface area contributed by atoms with E-state index in [1.807, 2.05) is 0 Å². The molecule has 182 valence electrons. The van der Waals surface area contributed by atoms with Gasteiger partial charge >= 0.3 is 0 Å². The number of nitrogens with zero attached hydrogens (tertiary/aromatic N) is 1. The Balaban J connectivity index is 1.55. The molecule has 5 aromatic rings. The van der Waals surface area contributed by atoms with Gasteiger partial charge in [0.2, 0.25) is 0 Å². The minimum Gasteiger partial charge on any atom is -0.311 e. The first-order valence-electron chi connectivity index (χ1n) is 12.9. The second-order valence-electron chi connectivity index (χ2n) is 9.89. The predicted octanol–water partition coefficient (Wildman–Crippen LogP) is 9.98. The van der Waals surface area contributed by atoms with E-state index in [9.17, 15) is 0 Å². The third-order valence-electron chi connectivity index (χ3n) is 6.77.